The monoisotopic (exact) mass is 404 g/mol. The van der Waals surface area contributed by atoms with E-state index in [1.54, 1.807) is 21.3 Å². The number of benzene rings is 3. The van der Waals surface area contributed by atoms with Crippen LogP contribution in [0, 0.1) is 13.8 Å². The van der Waals surface area contributed by atoms with Crippen molar-refractivity contribution in [1.29, 1.82) is 0 Å². The first-order valence-corrected chi connectivity index (χ1v) is 10.4. The largest absolute Gasteiger partial charge is 0.497 e. The smallest absolute Gasteiger partial charge is 0.122 e. The molecule has 0 aromatic heterocycles. The zero-order chi connectivity index (χ0) is 21.7. The van der Waals surface area contributed by atoms with Crippen LogP contribution in [0.2, 0.25) is 0 Å². The molecule has 0 aliphatic heterocycles. The van der Waals surface area contributed by atoms with Crippen LogP contribution in [-0.4, -0.2) is 21.3 Å². The van der Waals surface area contributed by atoms with Gasteiger partial charge in [-0.15, -0.1) is 0 Å². The van der Waals surface area contributed by atoms with E-state index in [1.165, 1.54) is 33.4 Å². The lowest BCUT2D eigenvalue weighted by atomic mass is 9.89. The van der Waals surface area contributed by atoms with E-state index in [1.807, 2.05) is 12.1 Å². The average Bonchev–Trinajstić information content (AvgIpc) is 2.79. The minimum Gasteiger partial charge on any atom is -0.497 e. The Morgan fingerprint density at radius 2 is 1.40 bits per heavy atom. The lowest BCUT2D eigenvalue weighted by molar-refractivity contribution is 0.409. The highest BCUT2D eigenvalue weighted by Crippen LogP contribution is 2.33. The summed E-state index contributed by atoms with van der Waals surface area (Å²) < 4.78 is 16.5. The Bertz CT molecular complexity index is 990. The molecule has 0 spiro atoms. The van der Waals surface area contributed by atoms with Gasteiger partial charge in [0.05, 0.1) is 21.3 Å². The van der Waals surface area contributed by atoms with Gasteiger partial charge in [0.2, 0.25) is 0 Å². The maximum atomic E-state index is 5.64. The normalized spacial score (nSPS) is 11.8. The predicted octanol–water partition coefficient (Wildman–Crippen LogP) is 6.27. The molecule has 30 heavy (non-hydrogen) atoms. The second kappa shape index (κ2) is 9.71. The Hall–Kier alpha value is -2.94. The average molecular weight is 405 g/mol. The second-order valence-electron chi connectivity index (χ2n) is 7.81. The molecule has 3 aromatic carbocycles. The van der Waals surface area contributed by atoms with E-state index in [-0.39, 0.29) is 5.92 Å². The van der Waals surface area contributed by atoms with Crippen molar-refractivity contribution in [1.82, 2.24) is 0 Å². The molecular weight excluding hydrogens is 372 g/mol. The Kier molecular flexibility index (Phi) is 7.04. The molecule has 0 N–H and O–H groups in total. The van der Waals surface area contributed by atoms with Crippen molar-refractivity contribution < 1.29 is 14.2 Å². The third-order valence-electron chi connectivity index (χ3n) is 6.01. The molecular formula is C27H32O3. The molecule has 0 fully saturated rings. The minimum absolute atomic E-state index is 0.267. The first-order chi connectivity index (χ1) is 14.5. The van der Waals surface area contributed by atoms with E-state index in [0.29, 0.717) is 0 Å². The van der Waals surface area contributed by atoms with Gasteiger partial charge in [-0.3, -0.25) is 0 Å². The van der Waals surface area contributed by atoms with E-state index in [2.05, 4.69) is 63.2 Å². The predicted molar refractivity (Wildman–Crippen MR) is 123 cm³/mol. The van der Waals surface area contributed by atoms with Crippen molar-refractivity contribution in [3.05, 3.63) is 88.0 Å². The van der Waals surface area contributed by atoms with E-state index in [0.717, 1.165) is 30.1 Å². The molecule has 0 radical (unpaired) electrons. The molecule has 0 saturated heterocycles. The van der Waals surface area contributed by atoms with Crippen LogP contribution in [0.15, 0.2) is 54.6 Å². The molecule has 3 aromatic rings. The number of methoxy groups -OCH3 is 3. The molecule has 1 atom stereocenters. The molecule has 158 valence electrons. The van der Waals surface area contributed by atoms with Gasteiger partial charge < -0.3 is 14.2 Å². The standard InChI is InChI=1S/C27H32O3/c1-18-15-24(17-27(30-6)19(18)2)20(3)22-11-14-26(29-5)23(16-22)10-7-21-8-12-25(28-4)13-9-21/h8-9,11-17,20H,7,10H2,1-6H3. The molecule has 3 rings (SSSR count). The highest BCUT2D eigenvalue weighted by molar-refractivity contribution is 5.47. The number of hydrogen-bond donors (Lipinski definition) is 0. The zero-order valence-corrected chi connectivity index (χ0v) is 18.9. The second-order valence-corrected chi connectivity index (χ2v) is 7.81. The van der Waals surface area contributed by atoms with Gasteiger partial charge in [-0.1, -0.05) is 37.3 Å². The molecule has 1 unspecified atom stereocenters. The van der Waals surface area contributed by atoms with E-state index < -0.39 is 0 Å². The van der Waals surface area contributed by atoms with Crippen molar-refractivity contribution in [2.75, 3.05) is 21.3 Å². The maximum Gasteiger partial charge on any atom is 0.122 e. The van der Waals surface area contributed by atoms with Gasteiger partial charge in [0.25, 0.3) is 0 Å². The third-order valence-corrected chi connectivity index (χ3v) is 6.01. The molecule has 0 heterocycles. The van der Waals surface area contributed by atoms with Crippen molar-refractivity contribution in [3.8, 4) is 17.2 Å². The number of hydrogen-bond acceptors (Lipinski definition) is 3. The Morgan fingerprint density at radius 1 is 0.700 bits per heavy atom. The highest BCUT2D eigenvalue weighted by atomic mass is 16.5. The molecule has 0 bridgehead atoms. The van der Waals surface area contributed by atoms with Gasteiger partial charge in [0, 0.05) is 5.92 Å². The van der Waals surface area contributed by atoms with E-state index in [9.17, 15) is 0 Å². The summed E-state index contributed by atoms with van der Waals surface area (Å²) in [5.74, 6) is 3.04. The number of aryl methyl sites for hydroxylation is 3. The van der Waals surface area contributed by atoms with Gasteiger partial charge in [-0.25, -0.2) is 0 Å². The highest BCUT2D eigenvalue weighted by Gasteiger charge is 2.15. The SMILES string of the molecule is COc1ccc(CCc2cc(C(C)c3cc(C)c(C)c(OC)c3)ccc2OC)cc1. The molecule has 3 nitrogen and oxygen atoms in total. The van der Waals surface area contributed by atoms with Gasteiger partial charge >= 0.3 is 0 Å². The third kappa shape index (κ3) is 4.79. The summed E-state index contributed by atoms with van der Waals surface area (Å²) in [6.45, 7) is 6.49. The van der Waals surface area contributed by atoms with Gasteiger partial charge in [0.1, 0.15) is 17.2 Å². The summed E-state index contributed by atoms with van der Waals surface area (Å²) in [6.07, 6.45) is 1.88. The minimum atomic E-state index is 0.267. The fraction of sp³-hybridized carbons (Fsp3) is 0.333. The summed E-state index contributed by atoms with van der Waals surface area (Å²) in [6, 6.07) is 19.2. The number of rotatable bonds is 8. The van der Waals surface area contributed by atoms with Crippen LogP contribution in [0.25, 0.3) is 0 Å². The van der Waals surface area contributed by atoms with Crippen LogP contribution in [0.4, 0.5) is 0 Å². The van der Waals surface area contributed by atoms with Crippen molar-refractivity contribution in [2.45, 2.75) is 39.5 Å². The summed E-state index contributed by atoms with van der Waals surface area (Å²) in [7, 11) is 5.17. The fourth-order valence-electron chi connectivity index (χ4n) is 3.84. The molecule has 0 aliphatic rings. The van der Waals surface area contributed by atoms with Crippen LogP contribution in [-0.2, 0) is 12.8 Å². The molecule has 0 saturated carbocycles. The molecule has 0 amide bonds. The van der Waals surface area contributed by atoms with Crippen LogP contribution in [0.5, 0.6) is 17.2 Å². The molecule has 3 heteroatoms. The summed E-state index contributed by atoms with van der Waals surface area (Å²) in [5.41, 5.74) is 7.52. The fourth-order valence-corrected chi connectivity index (χ4v) is 3.84. The van der Waals surface area contributed by atoms with Crippen molar-refractivity contribution >= 4 is 0 Å². The Balaban J connectivity index is 1.85. The molecule has 0 aliphatic carbocycles. The lowest BCUT2D eigenvalue weighted by Crippen LogP contribution is -2.02. The van der Waals surface area contributed by atoms with Crippen LogP contribution in [0.3, 0.4) is 0 Å². The number of ether oxygens (including phenoxy) is 3. The Labute approximate surface area is 180 Å². The van der Waals surface area contributed by atoms with Crippen molar-refractivity contribution in [3.63, 3.8) is 0 Å². The summed E-state index contributed by atoms with van der Waals surface area (Å²) in [4.78, 5) is 0. The van der Waals surface area contributed by atoms with E-state index in [4.69, 9.17) is 14.2 Å². The van der Waals surface area contributed by atoms with Gasteiger partial charge in [0.15, 0.2) is 0 Å². The van der Waals surface area contributed by atoms with Gasteiger partial charge in [-0.05, 0) is 84.3 Å². The van der Waals surface area contributed by atoms with Crippen LogP contribution < -0.4 is 14.2 Å². The quantitative estimate of drug-likeness (QED) is 0.443. The zero-order valence-electron chi connectivity index (χ0n) is 18.9. The van der Waals surface area contributed by atoms with Gasteiger partial charge in [-0.2, -0.15) is 0 Å². The van der Waals surface area contributed by atoms with Crippen LogP contribution >= 0.6 is 0 Å². The van der Waals surface area contributed by atoms with E-state index >= 15 is 0 Å². The Morgan fingerprint density at radius 3 is 2.03 bits per heavy atom. The first-order valence-electron chi connectivity index (χ1n) is 10.4. The topological polar surface area (TPSA) is 27.7 Å². The maximum absolute atomic E-state index is 5.64. The first kappa shape index (κ1) is 21.8. The van der Waals surface area contributed by atoms with Crippen molar-refractivity contribution in [2.24, 2.45) is 0 Å². The summed E-state index contributed by atoms with van der Waals surface area (Å²) >= 11 is 0. The lowest BCUT2D eigenvalue weighted by Gasteiger charge is -2.19. The van der Waals surface area contributed by atoms with Crippen LogP contribution in [0.1, 0.15) is 46.2 Å². The summed E-state index contributed by atoms with van der Waals surface area (Å²) in [5, 5.41) is 0.